The molecule has 0 spiro atoms. The molecular weight excluding hydrogens is 248 g/mol. The molecule has 110 valence electrons. The van der Waals surface area contributed by atoms with Crippen LogP contribution >= 0.6 is 0 Å². The number of rotatable bonds is 3. The van der Waals surface area contributed by atoms with Gasteiger partial charge in [-0.15, -0.1) is 0 Å². The predicted molar refractivity (Wildman–Crippen MR) is 83.1 cm³/mol. The Hall–Kier alpha value is -1.35. The number of carbonyl (C=O) groups excluding carboxylic acids is 1. The predicted octanol–water partition coefficient (Wildman–Crippen LogP) is 2.86. The van der Waals surface area contributed by atoms with E-state index >= 15 is 0 Å². The van der Waals surface area contributed by atoms with Gasteiger partial charge >= 0.3 is 0 Å². The standard InChI is InChI=1S/C17H26N2O/c1-17(2,3)15-10-5-4-9-14(15)16(20)19-12-13-8-6-7-11-18-13/h4-5,9-10,13,18H,6-8,11-12H2,1-3H3,(H,19,20). The first-order valence-corrected chi connectivity index (χ1v) is 7.59. The molecular formula is C17H26N2O. The van der Waals surface area contributed by atoms with E-state index in [1.54, 1.807) is 0 Å². The molecule has 0 radical (unpaired) electrons. The molecule has 0 aromatic heterocycles. The van der Waals surface area contributed by atoms with Crippen molar-refractivity contribution < 1.29 is 4.79 Å². The summed E-state index contributed by atoms with van der Waals surface area (Å²) in [6, 6.07) is 8.33. The van der Waals surface area contributed by atoms with Crippen LogP contribution in [0, 0.1) is 0 Å². The van der Waals surface area contributed by atoms with E-state index in [2.05, 4.69) is 31.4 Å². The minimum Gasteiger partial charge on any atom is -0.350 e. The second-order valence-corrected chi connectivity index (χ2v) is 6.65. The van der Waals surface area contributed by atoms with Gasteiger partial charge in [-0.2, -0.15) is 0 Å². The highest BCUT2D eigenvalue weighted by Crippen LogP contribution is 2.25. The highest BCUT2D eigenvalue weighted by atomic mass is 16.1. The summed E-state index contributed by atoms with van der Waals surface area (Å²) in [6.45, 7) is 8.21. The summed E-state index contributed by atoms with van der Waals surface area (Å²) < 4.78 is 0. The Morgan fingerprint density at radius 2 is 2.05 bits per heavy atom. The molecule has 1 aliphatic rings. The monoisotopic (exact) mass is 274 g/mol. The summed E-state index contributed by atoms with van der Waals surface area (Å²) >= 11 is 0. The first kappa shape index (κ1) is 15.0. The van der Waals surface area contributed by atoms with Gasteiger partial charge < -0.3 is 10.6 Å². The van der Waals surface area contributed by atoms with E-state index in [-0.39, 0.29) is 11.3 Å². The van der Waals surface area contributed by atoms with Gasteiger partial charge in [0.25, 0.3) is 5.91 Å². The van der Waals surface area contributed by atoms with Gasteiger partial charge in [-0.05, 0) is 36.4 Å². The normalized spacial score (nSPS) is 19.6. The lowest BCUT2D eigenvalue weighted by molar-refractivity contribution is 0.0945. The van der Waals surface area contributed by atoms with Crippen molar-refractivity contribution in [1.29, 1.82) is 0 Å². The van der Waals surface area contributed by atoms with Crippen molar-refractivity contribution in [2.75, 3.05) is 13.1 Å². The smallest absolute Gasteiger partial charge is 0.251 e. The average molecular weight is 274 g/mol. The third-order valence-corrected chi connectivity index (χ3v) is 3.90. The quantitative estimate of drug-likeness (QED) is 0.890. The zero-order valence-corrected chi connectivity index (χ0v) is 12.8. The van der Waals surface area contributed by atoms with Crippen LogP contribution in [0.25, 0.3) is 0 Å². The van der Waals surface area contributed by atoms with Crippen LogP contribution in [-0.4, -0.2) is 25.0 Å². The van der Waals surface area contributed by atoms with Crippen LogP contribution in [-0.2, 0) is 5.41 Å². The van der Waals surface area contributed by atoms with Crippen molar-refractivity contribution in [3.63, 3.8) is 0 Å². The molecule has 1 saturated heterocycles. The van der Waals surface area contributed by atoms with Gasteiger partial charge in [0.1, 0.15) is 0 Å². The molecule has 1 fully saturated rings. The van der Waals surface area contributed by atoms with Crippen molar-refractivity contribution in [3.8, 4) is 0 Å². The topological polar surface area (TPSA) is 41.1 Å². The molecule has 1 heterocycles. The SMILES string of the molecule is CC(C)(C)c1ccccc1C(=O)NCC1CCCCN1. The number of amides is 1. The fourth-order valence-electron chi connectivity index (χ4n) is 2.74. The largest absolute Gasteiger partial charge is 0.350 e. The summed E-state index contributed by atoms with van der Waals surface area (Å²) in [4.78, 5) is 12.4. The minimum absolute atomic E-state index is 0.0168. The van der Waals surface area contributed by atoms with Gasteiger partial charge in [0.2, 0.25) is 0 Å². The van der Waals surface area contributed by atoms with Gasteiger partial charge in [0, 0.05) is 18.2 Å². The number of piperidine rings is 1. The van der Waals surface area contributed by atoms with Crippen molar-refractivity contribution in [3.05, 3.63) is 35.4 Å². The highest BCUT2D eigenvalue weighted by Gasteiger charge is 2.21. The van der Waals surface area contributed by atoms with Gasteiger partial charge in [-0.3, -0.25) is 4.79 Å². The summed E-state index contributed by atoms with van der Waals surface area (Å²) in [7, 11) is 0. The third kappa shape index (κ3) is 3.83. The number of nitrogens with one attached hydrogen (secondary N) is 2. The van der Waals surface area contributed by atoms with Gasteiger partial charge in [0.05, 0.1) is 0 Å². The average Bonchev–Trinajstić information content (AvgIpc) is 2.45. The fourth-order valence-corrected chi connectivity index (χ4v) is 2.74. The summed E-state index contributed by atoms with van der Waals surface area (Å²) in [5.41, 5.74) is 1.89. The molecule has 0 bridgehead atoms. The minimum atomic E-state index is -0.0168. The summed E-state index contributed by atoms with van der Waals surface area (Å²) in [6.07, 6.45) is 3.66. The molecule has 1 unspecified atom stereocenters. The molecule has 1 aliphatic heterocycles. The van der Waals surface area contributed by atoms with E-state index < -0.39 is 0 Å². The Morgan fingerprint density at radius 1 is 1.30 bits per heavy atom. The summed E-state index contributed by atoms with van der Waals surface area (Å²) in [5, 5.41) is 6.54. The molecule has 1 amide bonds. The second-order valence-electron chi connectivity index (χ2n) is 6.65. The zero-order chi connectivity index (χ0) is 14.6. The summed E-state index contributed by atoms with van der Waals surface area (Å²) in [5.74, 6) is 0.0444. The van der Waals surface area contributed by atoms with Crippen LogP contribution < -0.4 is 10.6 Å². The molecule has 1 atom stereocenters. The Balaban J connectivity index is 2.02. The lowest BCUT2D eigenvalue weighted by Gasteiger charge is -2.25. The van der Waals surface area contributed by atoms with E-state index in [0.29, 0.717) is 6.04 Å². The maximum absolute atomic E-state index is 12.4. The van der Waals surface area contributed by atoms with E-state index in [1.165, 1.54) is 12.8 Å². The van der Waals surface area contributed by atoms with E-state index in [0.717, 1.165) is 30.6 Å². The number of hydrogen-bond acceptors (Lipinski definition) is 2. The Morgan fingerprint density at radius 3 is 2.70 bits per heavy atom. The molecule has 1 aromatic rings. The van der Waals surface area contributed by atoms with E-state index in [1.807, 2.05) is 24.3 Å². The van der Waals surface area contributed by atoms with Crippen molar-refractivity contribution >= 4 is 5.91 Å². The first-order chi connectivity index (χ1) is 9.48. The molecule has 1 aromatic carbocycles. The van der Waals surface area contributed by atoms with Crippen molar-refractivity contribution in [1.82, 2.24) is 10.6 Å². The Bertz CT molecular complexity index is 456. The van der Waals surface area contributed by atoms with Gasteiger partial charge in [-0.25, -0.2) is 0 Å². The lowest BCUT2D eigenvalue weighted by Crippen LogP contribution is -2.43. The number of carbonyl (C=O) groups is 1. The van der Waals surface area contributed by atoms with E-state index in [4.69, 9.17) is 0 Å². The second kappa shape index (κ2) is 6.40. The molecule has 2 rings (SSSR count). The van der Waals surface area contributed by atoms with Gasteiger partial charge in [-0.1, -0.05) is 45.4 Å². The lowest BCUT2D eigenvalue weighted by atomic mass is 9.83. The highest BCUT2D eigenvalue weighted by molar-refractivity contribution is 5.96. The molecule has 0 aliphatic carbocycles. The number of benzene rings is 1. The maximum atomic E-state index is 12.4. The molecule has 20 heavy (non-hydrogen) atoms. The Kier molecular flexibility index (Phi) is 4.81. The van der Waals surface area contributed by atoms with Crippen LogP contribution in [0.5, 0.6) is 0 Å². The van der Waals surface area contributed by atoms with Crippen LogP contribution in [0.2, 0.25) is 0 Å². The van der Waals surface area contributed by atoms with Crippen LogP contribution in [0.1, 0.15) is 56.0 Å². The molecule has 3 heteroatoms. The molecule has 3 nitrogen and oxygen atoms in total. The Labute approximate surface area is 122 Å². The number of hydrogen-bond donors (Lipinski definition) is 2. The van der Waals surface area contributed by atoms with Crippen molar-refractivity contribution in [2.24, 2.45) is 0 Å². The van der Waals surface area contributed by atoms with Crippen molar-refractivity contribution in [2.45, 2.75) is 51.5 Å². The maximum Gasteiger partial charge on any atom is 0.251 e. The fraction of sp³-hybridized carbons (Fsp3) is 0.588. The first-order valence-electron chi connectivity index (χ1n) is 7.59. The third-order valence-electron chi connectivity index (χ3n) is 3.90. The zero-order valence-electron chi connectivity index (χ0n) is 12.8. The van der Waals surface area contributed by atoms with Crippen LogP contribution in [0.3, 0.4) is 0 Å². The molecule has 2 N–H and O–H groups in total. The molecule has 0 saturated carbocycles. The van der Waals surface area contributed by atoms with E-state index in [9.17, 15) is 4.79 Å². The van der Waals surface area contributed by atoms with Gasteiger partial charge in [0.15, 0.2) is 0 Å². The van der Waals surface area contributed by atoms with Crippen LogP contribution in [0.15, 0.2) is 24.3 Å². The van der Waals surface area contributed by atoms with Crippen LogP contribution in [0.4, 0.5) is 0 Å².